The van der Waals surface area contributed by atoms with E-state index in [0.717, 1.165) is 31.2 Å². The van der Waals surface area contributed by atoms with Gasteiger partial charge in [-0.25, -0.2) is 0 Å². The second-order valence-corrected chi connectivity index (χ2v) is 8.73. The minimum absolute atomic E-state index is 0.0566. The van der Waals surface area contributed by atoms with Crippen LogP contribution < -0.4 is 5.32 Å². The summed E-state index contributed by atoms with van der Waals surface area (Å²) in [6, 6.07) is 9.70. The summed E-state index contributed by atoms with van der Waals surface area (Å²) in [5.74, 6) is -0.200. The topological polar surface area (TPSA) is 85.4 Å². The summed E-state index contributed by atoms with van der Waals surface area (Å²) in [6.07, 6.45) is 4.44. The Morgan fingerprint density at radius 3 is 2.33 bits per heavy atom. The number of hydrogen-bond acceptors (Lipinski definition) is 3. The van der Waals surface area contributed by atoms with Gasteiger partial charge in [-0.3, -0.25) is 4.79 Å². The molecule has 1 heterocycles. The lowest BCUT2D eigenvalue weighted by Crippen LogP contribution is -2.39. The fourth-order valence-electron chi connectivity index (χ4n) is 4.03. The van der Waals surface area contributed by atoms with Gasteiger partial charge in [0.25, 0.3) is 5.91 Å². The van der Waals surface area contributed by atoms with Crippen LogP contribution in [0.4, 0.5) is 0 Å². The first kappa shape index (κ1) is 19.3. The van der Waals surface area contributed by atoms with Gasteiger partial charge < -0.3 is 20.5 Å². The van der Waals surface area contributed by atoms with Crippen LogP contribution in [0.25, 0.3) is 0 Å². The number of rotatable bonds is 4. The highest BCUT2D eigenvalue weighted by molar-refractivity contribution is 5.99. The standard InChI is InChI=1S/C22H30N2O3/c1-22(2,3)15-9-11-16(12-10-15)23-20(26)18-19(25)17(24-21(18)27)13-14-7-5-4-6-8-14/h4-8,15-16,24-25,27H,9-13H2,1-3H3,(H,23,26). The molecule has 5 nitrogen and oxygen atoms in total. The molecule has 1 amide bonds. The Hall–Kier alpha value is -2.43. The first-order chi connectivity index (χ1) is 12.8. The summed E-state index contributed by atoms with van der Waals surface area (Å²) in [4.78, 5) is 15.4. The van der Waals surface area contributed by atoms with Crippen LogP contribution in [0.2, 0.25) is 0 Å². The Bertz CT molecular complexity index is 782. The van der Waals surface area contributed by atoms with E-state index in [2.05, 4.69) is 31.1 Å². The first-order valence-corrected chi connectivity index (χ1v) is 9.73. The second kappa shape index (κ2) is 7.67. The van der Waals surface area contributed by atoms with Crippen LogP contribution in [0, 0.1) is 11.3 Å². The van der Waals surface area contributed by atoms with E-state index in [1.54, 1.807) is 0 Å². The van der Waals surface area contributed by atoms with Crippen LogP contribution in [0.1, 0.15) is 68.1 Å². The van der Waals surface area contributed by atoms with E-state index in [1.165, 1.54) is 0 Å². The van der Waals surface area contributed by atoms with Crippen LogP contribution in [0.15, 0.2) is 30.3 Å². The van der Waals surface area contributed by atoms with Gasteiger partial charge in [0.05, 0.1) is 5.69 Å². The van der Waals surface area contributed by atoms with Crippen molar-refractivity contribution >= 4 is 5.91 Å². The maximum Gasteiger partial charge on any atom is 0.260 e. The Morgan fingerprint density at radius 1 is 1.11 bits per heavy atom. The molecule has 0 unspecified atom stereocenters. The molecule has 0 saturated heterocycles. The maximum absolute atomic E-state index is 12.6. The summed E-state index contributed by atoms with van der Waals surface area (Å²) < 4.78 is 0. The van der Waals surface area contributed by atoms with E-state index in [-0.39, 0.29) is 23.2 Å². The van der Waals surface area contributed by atoms with Crippen molar-refractivity contribution in [1.29, 1.82) is 0 Å². The zero-order valence-corrected chi connectivity index (χ0v) is 16.4. The molecule has 5 heteroatoms. The van der Waals surface area contributed by atoms with Crippen LogP contribution in [-0.4, -0.2) is 27.1 Å². The number of aromatic nitrogens is 1. The van der Waals surface area contributed by atoms with Gasteiger partial charge in [-0.05, 0) is 42.6 Å². The molecule has 4 N–H and O–H groups in total. The predicted molar refractivity (Wildman–Crippen MR) is 106 cm³/mol. The third kappa shape index (κ3) is 4.46. The number of hydrogen-bond donors (Lipinski definition) is 4. The van der Waals surface area contributed by atoms with Gasteiger partial charge >= 0.3 is 0 Å². The number of aromatic amines is 1. The summed E-state index contributed by atoms with van der Waals surface area (Å²) in [5, 5.41) is 23.6. The number of amides is 1. The van der Waals surface area contributed by atoms with Gasteiger partial charge in [0.2, 0.25) is 5.88 Å². The number of aromatic hydroxyl groups is 2. The second-order valence-electron chi connectivity index (χ2n) is 8.73. The average molecular weight is 370 g/mol. The van der Waals surface area contributed by atoms with Crippen molar-refractivity contribution in [2.45, 2.75) is 58.9 Å². The summed E-state index contributed by atoms with van der Waals surface area (Å²) in [5.41, 5.74) is 1.67. The van der Waals surface area contributed by atoms with E-state index < -0.39 is 5.91 Å². The van der Waals surface area contributed by atoms with Crippen LogP contribution in [0.5, 0.6) is 11.6 Å². The summed E-state index contributed by atoms with van der Waals surface area (Å²) >= 11 is 0. The van der Waals surface area contributed by atoms with Gasteiger partial charge in [0.15, 0.2) is 5.75 Å². The number of nitrogens with one attached hydrogen (secondary N) is 2. The van der Waals surface area contributed by atoms with Gasteiger partial charge in [-0.1, -0.05) is 51.1 Å². The van der Waals surface area contributed by atoms with Crippen molar-refractivity contribution in [3.05, 3.63) is 47.2 Å². The molecular weight excluding hydrogens is 340 g/mol. The van der Waals surface area contributed by atoms with Crippen molar-refractivity contribution in [2.75, 3.05) is 0 Å². The van der Waals surface area contributed by atoms with Crippen molar-refractivity contribution < 1.29 is 15.0 Å². The Balaban J connectivity index is 1.65. The van der Waals surface area contributed by atoms with Gasteiger partial charge in [-0.15, -0.1) is 0 Å². The Labute approximate surface area is 160 Å². The number of benzene rings is 1. The molecule has 0 atom stereocenters. The maximum atomic E-state index is 12.6. The van der Waals surface area contributed by atoms with Crippen molar-refractivity contribution in [3.8, 4) is 11.6 Å². The van der Waals surface area contributed by atoms with E-state index in [1.807, 2.05) is 30.3 Å². The number of H-pyrrole nitrogens is 1. The minimum Gasteiger partial charge on any atom is -0.505 e. The van der Waals surface area contributed by atoms with Gasteiger partial charge in [0.1, 0.15) is 5.56 Å². The molecule has 2 aromatic rings. The van der Waals surface area contributed by atoms with E-state index in [4.69, 9.17) is 0 Å². The Kier molecular flexibility index (Phi) is 5.49. The molecule has 0 bridgehead atoms. The number of carbonyl (C=O) groups excluding carboxylic acids is 1. The highest BCUT2D eigenvalue weighted by Gasteiger charge is 2.31. The van der Waals surface area contributed by atoms with E-state index in [0.29, 0.717) is 23.4 Å². The molecular formula is C22H30N2O3. The molecule has 27 heavy (non-hydrogen) atoms. The molecule has 146 valence electrons. The third-order valence-corrected chi connectivity index (χ3v) is 5.77. The number of carbonyl (C=O) groups is 1. The molecule has 1 saturated carbocycles. The fourth-order valence-corrected chi connectivity index (χ4v) is 4.03. The quantitative estimate of drug-likeness (QED) is 0.645. The molecule has 0 spiro atoms. The Morgan fingerprint density at radius 2 is 1.74 bits per heavy atom. The molecule has 3 rings (SSSR count). The highest BCUT2D eigenvalue weighted by atomic mass is 16.3. The van der Waals surface area contributed by atoms with Gasteiger partial charge in [0, 0.05) is 12.5 Å². The monoisotopic (exact) mass is 370 g/mol. The third-order valence-electron chi connectivity index (χ3n) is 5.77. The largest absolute Gasteiger partial charge is 0.505 e. The van der Waals surface area contributed by atoms with Crippen molar-refractivity contribution in [3.63, 3.8) is 0 Å². The van der Waals surface area contributed by atoms with Crippen LogP contribution in [0.3, 0.4) is 0 Å². The molecule has 1 fully saturated rings. The average Bonchev–Trinajstić information content (AvgIpc) is 2.89. The molecule has 1 aromatic carbocycles. The van der Waals surface area contributed by atoms with Crippen molar-refractivity contribution in [1.82, 2.24) is 10.3 Å². The van der Waals surface area contributed by atoms with Crippen molar-refractivity contribution in [2.24, 2.45) is 11.3 Å². The fraction of sp³-hybridized carbons (Fsp3) is 0.500. The highest BCUT2D eigenvalue weighted by Crippen LogP contribution is 2.38. The molecule has 1 aliphatic rings. The van der Waals surface area contributed by atoms with E-state index in [9.17, 15) is 15.0 Å². The van der Waals surface area contributed by atoms with E-state index >= 15 is 0 Å². The van der Waals surface area contributed by atoms with Gasteiger partial charge in [-0.2, -0.15) is 0 Å². The lowest BCUT2D eigenvalue weighted by Gasteiger charge is -2.37. The molecule has 0 radical (unpaired) electrons. The minimum atomic E-state index is -0.417. The summed E-state index contributed by atoms with van der Waals surface area (Å²) in [6.45, 7) is 6.79. The smallest absolute Gasteiger partial charge is 0.260 e. The molecule has 1 aliphatic carbocycles. The lowest BCUT2D eigenvalue weighted by molar-refractivity contribution is 0.0899. The van der Waals surface area contributed by atoms with Crippen LogP contribution in [-0.2, 0) is 6.42 Å². The SMILES string of the molecule is CC(C)(C)C1CCC(NC(=O)c2c(O)[nH]c(Cc3ccccc3)c2O)CC1. The zero-order valence-electron chi connectivity index (χ0n) is 16.4. The molecule has 1 aromatic heterocycles. The lowest BCUT2D eigenvalue weighted by atomic mass is 9.71. The molecule has 0 aliphatic heterocycles. The summed E-state index contributed by atoms with van der Waals surface area (Å²) in [7, 11) is 0. The predicted octanol–water partition coefficient (Wildman–Crippen LogP) is 4.35. The zero-order chi connectivity index (χ0) is 19.6. The normalized spacial score (nSPS) is 20.4. The first-order valence-electron chi connectivity index (χ1n) is 9.73. The van der Waals surface area contributed by atoms with Crippen LogP contribution >= 0.6 is 0 Å².